The number of carbonyl (C=O) groups is 3. The maximum absolute atomic E-state index is 12.5. The Morgan fingerprint density at radius 3 is 2.34 bits per heavy atom. The molecule has 0 atom stereocenters. The average molecular weight is 499 g/mol. The molecule has 0 aliphatic carbocycles. The van der Waals surface area contributed by atoms with Crippen LogP contribution in [0.15, 0.2) is 66.7 Å². The topological polar surface area (TPSA) is 112 Å². The maximum atomic E-state index is 12.5. The first-order valence-electron chi connectivity index (χ1n) is 10.4. The van der Waals surface area contributed by atoms with Crippen molar-refractivity contribution in [1.29, 1.82) is 0 Å². The van der Waals surface area contributed by atoms with Crippen molar-refractivity contribution < 1.29 is 33.3 Å². The van der Waals surface area contributed by atoms with Crippen LogP contribution in [0.5, 0.6) is 17.2 Å². The Labute approximate surface area is 206 Å². The Balaban J connectivity index is 1.55. The zero-order valence-corrected chi connectivity index (χ0v) is 19.8. The third-order valence-corrected chi connectivity index (χ3v) is 4.83. The highest BCUT2D eigenvalue weighted by molar-refractivity contribution is 6.30. The normalized spacial score (nSPS) is 10.1. The third kappa shape index (κ3) is 7.38. The fraction of sp³-hybridized carbons (Fsp3) is 0.160. The largest absolute Gasteiger partial charge is 0.497 e. The molecule has 0 aliphatic heterocycles. The Morgan fingerprint density at radius 2 is 1.57 bits per heavy atom. The van der Waals surface area contributed by atoms with E-state index in [1.165, 1.54) is 26.4 Å². The van der Waals surface area contributed by atoms with Crippen LogP contribution in [-0.2, 0) is 14.3 Å². The van der Waals surface area contributed by atoms with Crippen LogP contribution < -0.4 is 24.8 Å². The summed E-state index contributed by atoms with van der Waals surface area (Å²) in [7, 11) is 2.97. The van der Waals surface area contributed by atoms with Crippen molar-refractivity contribution in [2.24, 2.45) is 0 Å². The lowest BCUT2D eigenvalue weighted by molar-refractivity contribution is -0.119. The van der Waals surface area contributed by atoms with E-state index in [-0.39, 0.29) is 17.9 Å². The van der Waals surface area contributed by atoms with Gasteiger partial charge in [-0.05, 0) is 36.4 Å². The van der Waals surface area contributed by atoms with E-state index in [4.69, 9.17) is 30.5 Å². The first kappa shape index (κ1) is 25.4. The SMILES string of the molecule is COc1cccc(NC(=O)COC(=O)c2ccccc2OCC(=O)Nc2ccc(Cl)cc2OC)c1. The zero-order valence-electron chi connectivity index (χ0n) is 19.0. The first-order chi connectivity index (χ1) is 16.9. The molecule has 0 spiro atoms. The summed E-state index contributed by atoms with van der Waals surface area (Å²) in [4.78, 5) is 37.1. The van der Waals surface area contributed by atoms with E-state index < -0.39 is 24.4 Å². The molecule has 0 unspecified atom stereocenters. The van der Waals surface area contributed by atoms with E-state index in [1.807, 2.05) is 0 Å². The number of methoxy groups -OCH3 is 2. The lowest BCUT2D eigenvalue weighted by atomic mass is 10.2. The number of amides is 2. The molecule has 2 N–H and O–H groups in total. The molecule has 0 radical (unpaired) electrons. The second-order valence-electron chi connectivity index (χ2n) is 7.03. The summed E-state index contributed by atoms with van der Waals surface area (Å²) in [6.07, 6.45) is 0. The number of anilines is 2. The predicted molar refractivity (Wildman–Crippen MR) is 130 cm³/mol. The molecule has 0 aromatic heterocycles. The summed E-state index contributed by atoms with van der Waals surface area (Å²) in [6.45, 7) is -0.895. The quantitative estimate of drug-likeness (QED) is 0.403. The van der Waals surface area contributed by atoms with Crippen molar-refractivity contribution in [3.63, 3.8) is 0 Å². The van der Waals surface area contributed by atoms with Crippen LogP contribution in [0.2, 0.25) is 5.02 Å². The minimum atomic E-state index is -0.777. The molecule has 0 bridgehead atoms. The Bertz CT molecular complexity index is 1220. The van der Waals surface area contributed by atoms with Gasteiger partial charge in [-0.15, -0.1) is 0 Å². The Kier molecular flexibility index (Phi) is 8.91. The summed E-state index contributed by atoms with van der Waals surface area (Å²) in [5, 5.41) is 5.73. The number of rotatable bonds is 10. The third-order valence-electron chi connectivity index (χ3n) is 4.59. The van der Waals surface area contributed by atoms with Crippen molar-refractivity contribution in [1.82, 2.24) is 0 Å². The molecule has 3 aromatic carbocycles. The van der Waals surface area contributed by atoms with Crippen molar-refractivity contribution in [2.75, 3.05) is 38.1 Å². The van der Waals surface area contributed by atoms with Crippen molar-refractivity contribution in [3.05, 3.63) is 77.3 Å². The molecular weight excluding hydrogens is 476 g/mol. The summed E-state index contributed by atoms with van der Waals surface area (Å²) < 4.78 is 20.9. The molecule has 0 fully saturated rings. The van der Waals surface area contributed by atoms with Gasteiger partial charge in [0.25, 0.3) is 11.8 Å². The van der Waals surface area contributed by atoms with Gasteiger partial charge in [-0.1, -0.05) is 29.8 Å². The smallest absolute Gasteiger partial charge is 0.342 e. The maximum Gasteiger partial charge on any atom is 0.342 e. The van der Waals surface area contributed by atoms with Gasteiger partial charge in [-0.2, -0.15) is 0 Å². The van der Waals surface area contributed by atoms with Crippen LogP contribution in [0.25, 0.3) is 0 Å². The van der Waals surface area contributed by atoms with Crippen LogP contribution in [-0.4, -0.2) is 45.2 Å². The van der Waals surface area contributed by atoms with E-state index >= 15 is 0 Å². The highest BCUT2D eigenvalue weighted by Gasteiger charge is 2.17. The Hall–Kier alpha value is -4.24. The number of hydrogen-bond acceptors (Lipinski definition) is 7. The fourth-order valence-electron chi connectivity index (χ4n) is 2.97. The van der Waals surface area contributed by atoms with E-state index in [0.717, 1.165) is 0 Å². The molecule has 0 saturated carbocycles. The molecule has 3 rings (SSSR count). The first-order valence-corrected chi connectivity index (χ1v) is 10.7. The van der Waals surface area contributed by atoms with Gasteiger partial charge in [-0.3, -0.25) is 9.59 Å². The molecule has 2 amide bonds. The molecule has 35 heavy (non-hydrogen) atoms. The van der Waals surface area contributed by atoms with Gasteiger partial charge in [0.15, 0.2) is 13.2 Å². The van der Waals surface area contributed by atoms with Crippen molar-refractivity contribution in [2.45, 2.75) is 0 Å². The van der Waals surface area contributed by atoms with E-state index in [2.05, 4.69) is 10.6 Å². The van der Waals surface area contributed by atoms with Crippen LogP contribution in [0.3, 0.4) is 0 Å². The Morgan fingerprint density at radius 1 is 0.800 bits per heavy atom. The van der Waals surface area contributed by atoms with E-state index in [9.17, 15) is 14.4 Å². The predicted octanol–water partition coefficient (Wildman–Crippen LogP) is 4.17. The second kappa shape index (κ2) is 12.3. The van der Waals surface area contributed by atoms with Gasteiger partial charge in [0.05, 0.1) is 19.9 Å². The number of nitrogens with one attached hydrogen (secondary N) is 2. The lowest BCUT2D eigenvalue weighted by Gasteiger charge is -2.13. The molecule has 10 heteroatoms. The number of carbonyl (C=O) groups excluding carboxylic acids is 3. The zero-order chi connectivity index (χ0) is 25.2. The van der Waals surface area contributed by atoms with Gasteiger partial charge in [0, 0.05) is 22.8 Å². The van der Waals surface area contributed by atoms with Gasteiger partial charge in [0.2, 0.25) is 0 Å². The standard InChI is InChI=1S/C25H23ClN2O7/c1-32-18-7-5-6-17(13-18)27-23(29)15-35-25(31)19-8-3-4-9-21(19)34-14-24(30)28-20-11-10-16(26)12-22(20)33-2/h3-13H,14-15H2,1-2H3,(H,27,29)(H,28,30). The number of ether oxygens (including phenoxy) is 4. The minimum absolute atomic E-state index is 0.0681. The van der Waals surface area contributed by atoms with E-state index in [0.29, 0.717) is 27.9 Å². The molecule has 9 nitrogen and oxygen atoms in total. The second-order valence-corrected chi connectivity index (χ2v) is 7.47. The van der Waals surface area contributed by atoms with E-state index in [1.54, 1.807) is 54.6 Å². The van der Waals surface area contributed by atoms with Crippen LogP contribution in [0.1, 0.15) is 10.4 Å². The number of hydrogen-bond donors (Lipinski definition) is 2. The number of para-hydroxylation sites is 1. The molecule has 182 valence electrons. The molecule has 3 aromatic rings. The van der Waals surface area contributed by atoms with Crippen molar-refractivity contribution >= 4 is 40.8 Å². The minimum Gasteiger partial charge on any atom is -0.497 e. The molecule has 0 aliphatic rings. The lowest BCUT2D eigenvalue weighted by Crippen LogP contribution is -2.23. The summed E-state index contributed by atoms with van der Waals surface area (Å²) in [5.74, 6) is -0.690. The molecule has 0 heterocycles. The van der Waals surface area contributed by atoms with Gasteiger partial charge in [-0.25, -0.2) is 4.79 Å². The highest BCUT2D eigenvalue weighted by Crippen LogP contribution is 2.28. The van der Waals surface area contributed by atoms with Gasteiger partial charge < -0.3 is 29.6 Å². The summed E-state index contributed by atoms with van der Waals surface area (Å²) in [5.41, 5.74) is 0.983. The van der Waals surface area contributed by atoms with Crippen LogP contribution >= 0.6 is 11.6 Å². The molecular formula is C25H23ClN2O7. The van der Waals surface area contributed by atoms with Gasteiger partial charge >= 0.3 is 5.97 Å². The summed E-state index contributed by atoms with van der Waals surface area (Å²) in [6, 6.07) is 17.8. The monoisotopic (exact) mass is 498 g/mol. The van der Waals surface area contributed by atoms with Gasteiger partial charge in [0.1, 0.15) is 22.8 Å². The van der Waals surface area contributed by atoms with Crippen LogP contribution in [0.4, 0.5) is 11.4 Å². The number of esters is 1. The average Bonchev–Trinajstić information content (AvgIpc) is 2.87. The fourth-order valence-corrected chi connectivity index (χ4v) is 3.13. The van der Waals surface area contributed by atoms with Crippen molar-refractivity contribution in [3.8, 4) is 17.2 Å². The number of benzene rings is 3. The summed E-state index contributed by atoms with van der Waals surface area (Å²) >= 11 is 5.93. The van der Waals surface area contributed by atoms with Crippen LogP contribution in [0, 0.1) is 0 Å². The molecule has 0 saturated heterocycles. The highest BCUT2D eigenvalue weighted by atomic mass is 35.5. The number of halogens is 1.